The number of fused-ring (bicyclic) bond motifs is 1. The number of carbonyl (C=O) groups is 2. The molecule has 0 saturated heterocycles. The number of ether oxygens (including phenoxy) is 2. The normalized spacial score (nSPS) is 10.4. The van der Waals surface area contributed by atoms with E-state index in [1.165, 1.54) is 24.0 Å². The Bertz CT molecular complexity index is 1560. The van der Waals surface area contributed by atoms with Crippen molar-refractivity contribution in [3.8, 4) is 5.75 Å². The first-order chi connectivity index (χ1) is 19.4. The Morgan fingerprint density at radius 1 is 0.850 bits per heavy atom. The number of nitrogens with one attached hydrogen (secondary N) is 3. The van der Waals surface area contributed by atoms with E-state index in [4.69, 9.17) is 13.9 Å². The molecule has 0 radical (unpaired) electrons. The van der Waals surface area contributed by atoms with Crippen LogP contribution in [0.5, 0.6) is 5.75 Å². The Labute approximate surface area is 231 Å². The van der Waals surface area contributed by atoms with Gasteiger partial charge < -0.3 is 29.8 Å². The lowest BCUT2D eigenvalue weighted by molar-refractivity contribution is -0.117. The van der Waals surface area contributed by atoms with Crippen LogP contribution in [0.4, 0.5) is 11.4 Å². The molecule has 0 bridgehead atoms. The SMILES string of the molecule is C=COCNc1ccc(CCc2ccc(NC(=O)c3cc4ccc(OCNC(=O)C=C)cc4oc3=O)cc2)cc1. The van der Waals surface area contributed by atoms with Crippen molar-refractivity contribution in [1.82, 2.24) is 5.32 Å². The molecule has 0 saturated carbocycles. The maximum atomic E-state index is 12.8. The van der Waals surface area contributed by atoms with Gasteiger partial charge in [0.2, 0.25) is 5.91 Å². The van der Waals surface area contributed by atoms with E-state index in [-0.39, 0.29) is 23.8 Å². The molecule has 4 aromatic rings. The van der Waals surface area contributed by atoms with Crippen LogP contribution in [-0.2, 0) is 22.4 Å². The summed E-state index contributed by atoms with van der Waals surface area (Å²) in [4.78, 5) is 36.6. The average molecular weight is 540 g/mol. The van der Waals surface area contributed by atoms with Crippen molar-refractivity contribution >= 4 is 34.2 Å². The minimum atomic E-state index is -0.770. The van der Waals surface area contributed by atoms with E-state index in [1.54, 1.807) is 24.3 Å². The van der Waals surface area contributed by atoms with E-state index < -0.39 is 11.5 Å². The monoisotopic (exact) mass is 539 g/mol. The summed E-state index contributed by atoms with van der Waals surface area (Å²) in [5.74, 6) is -0.549. The molecule has 0 unspecified atom stereocenters. The van der Waals surface area contributed by atoms with Crippen LogP contribution in [-0.4, -0.2) is 25.3 Å². The molecule has 0 aliphatic carbocycles. The molecule has 3 N–H and O–H groups in total. The van der Waals surface area contributed by atoms with Crippen LogP contribution >= 0.6 is 0 Å². The number of carbonyl (C=O) groups excluding carboxylic acids is 2. The average Bonchev–Trinajstić information content (AvgIpc) is 2.97. The lowest BCUT2D eigenvalue weighted by Crippen LogP contribution is -2.25. The molecule has 1 heterocycles. The van der Waals surface area contributed by atoms with Gasteiger partial charge in [-0.2, -0.15) is 0 Å². The second-order valence-corrected chi connectivity index (χ2v) is 8.68. The number of aryl methyl sites for hydroxylation is 2. The van der Waals surface area contributed by atoms with Crippen molar-refractivity contribution in [2.75, 3.05) is 24.1 Å². The zero-order valence-corrected chi connectivity index (χ0v) is 21.8. The molecular formula is C31H29N3O6. The molecule has 4 rings (SSSR count). The largest absolute Gasteiger partial charge is 0.482 e. The second kappa shape index (κ2) is 13.5. The van der Waals surface area contributed by atoms with E-state index in [9.17, 15) is 14.4 Å². The zero-order valence-electron chi connectivity index (χ0n) is 21.8. The summed E-state index contributed by atoms with van der Waals surface area (Å²) in [6.45, 7) is 7.17. The van der Waals surface area contributed by atoms with Gasteiger partial charge in [-0.3, -0.25) is 9.59 Å². The summed E-state index contributed by atoms with van der Waals surface area (Å²) in [6.07, 6.45) is 4.22. The first-order valence-corrected chi connectivity index (χ1v) is 12.5. The van der Waals surface area contributed by atoms with Crippen molar-refractivity contribution in [2.45, 2.75) is 12.8 Å². The summed E-state index contributed by atoms with van der Waals surface area (Å²) >= 11 is 0. The van der Waals surface area contributed by atoms with Crippen LogP contribution in [0.25, 0.3) is 11.0 Å². The molecular weight excluding hydrogens is 510 g/mol. The highest BCUT2D eigenvalue weighted by Crippen LogP contribution is 2.21. The Morgan fingerprint density at radius 3 is 2.17 bits per heavy atom. The molecule has 9 heteroatoms. The first-order valence-electron chi connectivity index (χ1n) is 12.5. The van der Waals surface area contributed by atoms with Crippen LogP contribution < -0.4 is 26.3 Å². The fourth-order valence-electron chi connectivity index (χ4n) is 3.82. The molecule has 204 valence electrons. The smallest absolute Gasteiger partial charge is 0.349 e. The topological polar surface area (TPSA) is 119 Å². The molecule has 2 amide bonds. The number of hydrogen-bond donors (Lipinski definition) is 3. The van der Waals surface area contributed by atoms with Gasteiger partial charge in [0.25, 0.3) is 5.91 Å². The summed E-state index contributed by atoms with van der Waals surface area (Å²) in [5.41, 5.74) is 3.23. The molecule has 0 atom stereocenters. The van der Waals surface area contributed by atoms with Crippen molar-refractivity contribution in [1.29, 1.82) is 0 Å². The molecule has 0 aliphatic heterocycles. The summed E-state index contributed by atoms with van der Waals surface area (Å²) in [5, 5.41) is 8.92. The lowest BCUT2D eigenvalue weighted by atomic mass is 10.0. The highest BCUT2D eigenvalue weighted by atomic mass is 16.5. The van der Waals surface area contributed by atoms with Gasteiger partial charge in [-0.1, -0.05) is 37.4 Å². The van der Waals surface area contributed by atoms with E-state index in [0.29, 0.717) is 23.6 Å². The second-order valence-electron chi connectivity index (χ2n) is 8.68. The van der Waals surface area contributed by atoms with Gasteiger partial charge in [-0.15, -0.1) is 0 Å². The van der Waals surface area contributed by atoms with Crippen molar-refractivity contribution in [2.24, 2.45) is 0 Å². The maximum absolute atomic E-state index is 12.8. The Morgan fingerprint density at radius 2 is 1.52 bits per heavy atom. The van der Waals surface area contributed by atoms with Gasteiger partial charge in [0.05, 0.1) is 6.26 Å². The Kier molecular flexibility index (Phi) is 9.34. The third-order valence-electron chi connectivity index (χ3n) is 5.97. The fraction of sp³-hybridized carbons (Fsp3) is 0.129. The first kappa shape index (κ1) is 27.7. The number of anilines is 2. The molecule has 9 nitrogen and oxygen atoms in total. The number of hydrogen-bond acceptors (Lipinski definition) is 7. The minimum absolute atomic E-state index is 0.0718. The summed E-state index contributed by atoms with van der Waals surface area (Å²) in [6, 6.07) is 21.9. The van der Waals surface area contributed by atoms with Gasteiger partial charge in [0.1, 0.15) is 16.9 Å². The highest BCUT2D eigenvalue weighted by Gasteiger charge is 2.15. The van der Waals surface area contributed by atoms with Crippen LogP contribution in [0.2, 0.25) is 0 Å². The molecule has 0 spiro atoms. The zero-order chi connectivity index (χ0) is 28.3. The Balaban J connectivity index is 1.33. The minimum Gasteiger partial charge on any atom is -0.482 e. The van der Waals surface area contributed by atoms with Gasteiger partial charge in [0, 0.05) is 22.8 Å². The predicted octanol–water partition coefficient (Wildman–Crippen LogP) is 5.00. The third kappa shape index (κ3) is 7.61. The van der Waals surface area contributed by atoms with Gasteiger partial charge >= 0.3 is 5.63 Å². The lowest BCUT2D eigenvalue weighted by Gasteiger charge is -2.09. The van der Waals surface area contributed by atoms with E-state index in [0.717, 1.165) is 30.2 Å². The highest BCUT2D eigenvalue weighted by molar-refractivity contribution is 6.05. The maximum Gasteiger partial charge on any atom is 0.349 e. The number of rotatable bonds is 13. The van der Waals surface area contributed by atoms with E-state index in [1.807, 2.05) is 24.3 Å². The standard InChI is InChI=1S/C31H29N3O6/c1-3-29(35)33-20-39-26-16-11-23-17-27(31(37)40-28(23)18-26)30(36)34-25-14-9-22(10-15-25)6-5-21-7-12-24(13-8-21)32-19-38-4-2/h3-4,7-18,32H,1-2,5-6,19-20H2,(H,33,35)(H,34,36). The van der Waals surface area contributed by atoms with Crippen LogP contribution in [0.1, 0.15) is 21.5 Å². The van der Waals surface area contributed by atoms with Gasteiger partial charge in [-0.25, -0.2) is 4.79 Å². The van der Waals surface area contributed by atoms with E-state index >= 15 is 0 Å². The number of amides is 2. The summed E-state index contributed by atoms with van der Waals surface area (Å²) < 4.78 is 15.8. The number of benzene rings is 3. The van der Waals surface area contributed by atoms with Gasteiger partial charge in [-0.05, 0) is 72.5 Å². The van der Waals surface area contributed by atoms with Gasteiger partial charge in [0.15, 0.2) is 13.5 Å². The van der Waals surface area contributed by atoms with Crippen molar-refractivity contribution in [3.05, 3.63) is 125 Å². The van der Waals surface area contributed by atoms with Crippen molar-refractivity contribution < 1.29 is 23.5 Å². The third-order valence-corrected chi connectivity index (χ3v) is 5.97. The Hall–Kier alpha value is -5.31. The quantitative estimate of drug-likeness (QED) is 0.0719. The van der Waals surface area contributed by atoms with Crippen LogP contribution in [0.3, 0.4) is 0 Å². The van der Waals surface area contributed by atoms with Crippen molar-refractivity contribution in [3.63, 3.8) is 0 Å². The molecule has 3 aromatic carbocycles. The predicted molar refractivity (Wildman–Crippen MR) is 154 cm³/mol. The summed E-state index contributed by atoms with van der Waals surface area (Å²) in [7, 11) is 0. The molecule has 0 fully saturated rings. The molecule has 1 aromatic heterocycles. The van der Waals surface area contributed by atoms with Crippen LogP contribution in [0, 0.1) is 0 Å². The van der Waals surface area contributed by atoms with E-state index in [2.05, 4.69) is 41.2 Å². The fourth-order valence-corrected chi connectivity index (χ4v) is 3.82. The van der Waals surface area contributed by atoms with Crippen LogP contribution in [0.15, 0.2) is 108 Å². The molecule has 0 aliphatic rings. The molecule has 40 heavy (non-hydrogen) atoms.